The molecule has 1 amide bonds. The van der Waals surface area contributed by atoms with Gasteiger partial charge in [-0.1, -0.05) is 5.16 Å². The van der Waals surface area contributed by atoms with Gasteiger partial charge < -0.3 is 15.2 Å². The van der Waals surface area contributed by atoms with Gasteiger partial charge in [0.1, 0.15) is 10.6 Å². The predicted octanol–water partition coefficient (Wildman–Crippen LogP) is 1.40. The first-order chi connectivity index (χ1) is 14.5. The number of carbonyl (C=O) groups excluding carboxylic acids is 1. The topological polar surface area (TPSA) is 105 Å². The Bertz CT molecular complexity index is 934. The van der Waals surface area contributed by atoms with E-state index in [4.69, 9.17) is 4.52 Å². The monoisotopic (exact) mass is 434 g/mol. The average molecular weight is 435 g/mol. The smallest absolute Gasteiger partial charge is 0.273 e. The Morgan fingerprint density at radius 2 is 2.03 bits per heavy atom. The van der Waals surface area contributed by atoms with Crippen LogP contribution in [0.1, 0.15) is 73.5 Å². The first kappa shape index (κ1) is 19.3. The van der Waals surface area contributed by atoms with E-state index in [0.29, 0.717) is 30.2 Å². The molecular formula is C21H30N4O4S. The molecule has 9 heteroatoms. The van der Waals surface area contributed by atoms with Crippen LogP contribution in [0.4, 0.5) is 0 Å². The molecule has 6 rings (SSSR count). The molecule has 2 N–H and O–H groups in total. The molecule has 8 nitrogen and oxygen atoms in total. The summed E-state index contributed by atoms with van der Waals surface area (Å²) in [5, 5.41) is 10.4. The molecule has 4 saturated heterocycles. The van der Waals surface area contributed by atoms with Gasteiger partial charge in [-0.25, -0.2) is 8.42 Å². The number of carbonyl (C=O) groups is 1. The van der Waals surface area contributed by atoms with Gasteiger partial charge in [0.25, 0.3) is 5.91 Å². The van der Waals surface area contributed by atoms with Crippen molar-refractivity contribution >= 4 is 15.7 Å². The summed E-state index contributed by atoms with van der Waals surface area (Å²) in [6.07, 6.45) is 7.36. The summed E-state index contributed by atoms with van der Waals surface area (Å²) in [7, 11) is -3.13. The van der Waals surface area contributed by atoms with Crippen LogP contribution in [-0.2, 0) is 9.84 Å². The second kappa shape index (κ2) is 6.77. The lowest BCUT2D eigenvalue weighted by Crippen LogP contribution is -2.84. The van der Waals surface area contributed by atoms with Crippen molar-refractivity contribution in [3.05, 3.63) is 17.5 Å². The van der Waals surface area contributed by atoms with Crippen LogP contribution in [0.25, 0.3) is 0 Å². The maximum atomic E-state index is 13.2. The van der Waals surface area contributed by atoms with Gasteiger partial charge in [-0.15, -0.1) is 0 Å². The lowest BCUT2D eigenvalue weighted by molar-refractivity contribution is -0.176. The summed E-state index contributed by atoms with van der Waals surface area (Å²) < 4.78 is 31.8. The quantitative estimate of drug-likeness (QED) is 0.697. The first-order valence-corrected chi connectivity index (χ1v) is 13.1. The van der Waals surface area contributed by atoms with Crippen molar-refractivity contribution in [3.8, 4) is 0 Å². The Hall–Kier alpha value is -1.45. The van der Waals surface area contributed by atoms with Gasteiger partial charge in [0, 0.05) is 30.1 Å². The van der Waals surface area contributed by atoms with Gasteiger partial charge in [0.15, 0.2) is 15.5 Å². The standard InChI is InChI=1S/C21H30N4O4S/c26-20(18-8-19(29-24-18)14-3-4-14)23-15-6-16-9-21(10-17(7-15)25(16)21)30(27,28)12-13-2-1-5-22-11-13/h8,13-17,22H,1-7,9-12H2,(H,23,26). The normalized spacial score (nSPS) is 38.3. The van der Waals surface area contributed by atoms with E-state index in [0.717, 1.165) is 57.4 Å². The predicted molar refractivity (Wildman–Crippen MR) is 110 cm³/mol. The van der Waals surface area contributed by atoms with E-state index < -0.39 is 14.7 Å². The Morgan fingerprint density at radius 3 is 2.70 bits per heavy atom. The van der Waals surface area contributed by atoms with Gasteiger partial charge >= 0.3 is 0 Å². The van der Waals surface area contributed by atoms with Crippen molar-refractivity contribution < 1.29 is 17.7 Å². The molecule has 164 valence electrons. The number of sulfone groups is 1. The lowest BCUT2D eigenvalue weighted by atomic mass is 9.67. The van der Waals surface area contributed by atoms with E-state index in [2.05, 4.69) is 20.7 Å². The van der Waals surface area contributed by atoms with Crippen molar-refractivity contribution in [1.82, 2.24) is 20.7 Å². The zero-order chi connectivity index (χ0) is 20.5. The number of piperidine rings is 3. The highest BCUT2D eigenvalue weighted by molar-refractivity contribution is 7.92. The summed E-state index contributed by atoms with van der Waals surface area (Å²) in [5.74, 6) is 1.64. The van der Waals surface area contributed by atoms with Crippen molar-refractivity contribution in [2.75, 3.05) is 18.8 Å². The Kier molecular flexibility index (Phi) is 4.35. The van der Waals surface area contributed by atoms with Crippen LogP contribution in [0.15, 0.2) is 10.6 Å². The third kappa shape index (κ3) is 2.96. The summed E-state index contributed by atoms with van der Waals surface area (Å²) in [5.41, 5.74) is 0.361. The van der Waals surface area contributed by atoms with Gasteiger partial charge in [-0.3, -0.25) is 9.69 Å². The molecule has 4 aliphatic heterocycles. The molecular weight excluding hydrogens is 404 g/mol. The molecule has 1 aromatic heterocycles. The fourth-order valence-corrected chi connectivity index (χ4v) is 9.12. The number of nitrogens with one attached hydrogen (secondary N) is 2. The van der Waals surface area contributed by atoms with Gasteiger partial charge in [0.2, 0.25) is 0 Å². The summed E-state index contributed by atoms with van der Waals surface area (Å²) in [6, 6.07) is 2.38. The zero-order valence-corrected chi connectivity index (χ0v) is 18.0. The molecule has 1 aromatic rings. The van der Waals surface area contributed by atoms with E-state index in [1.807, 2.05) is 0 Å². The highest BCUT2D eigenvalue weighted by Crippen LogP contribution is 2.59. The summed E-state index contributed by atoms with van der Waals surface area (Å²) in [4.78, 5) is 14.2. The van der Waals surface area contributed by atoms with Gasteiger partial charge in [-0.05, 0) is 70.4 Å². The minimum atomic E-state index is -3.13. The first-order valence-electron chi connectivity index (χ1n) is 11.4. The van der Waals surface area contributed by atoms with Gasteiger partial charge in [-0.2, -0.15) is 0 Å². The van der Waals surface area contributed by atoms with Crippen LogP contribution in [0.3, 0.4) is 0 Å². The largest absolute Gasteiger partial charge is 0.360 e. The maximum Gasteiger partial charge on any atom is 0.273 e. The molecule has 0 aromatic carbocycles. The molecule has 1 aliphatic carbocycles. The molecule has 5 aliphatic rings. The van der Waals surface area contributed by atoms with Crippen molar-refractivity contribution in [2.24, 2.45) is 5.92 Å². The molecule has 3 unspecified atom stereocenters. The lowest BCUT2D eigenvalue weighted by Gasteiger charge is -2.72. The van der Waals surface area contributed by atoms with Gasteiger partial charge in [0.05, 0.1) is 5.75 Å². The Morgan fingerprint density at radius 1 is 1.27 bits per heavy atom. The molecule has 3 atom stereocenters. The molecule has 0 radical (unpaired) electrons. The van der Waals surface area contributed by atoms with E-state index in [1.165, 1.54) is 0 Å². The number of amides is 1. The van der Waals surface area contributed by atoms with Crippen molar-refractivity contribution in [3.63, 3.8) is 0 Å². The molecule has 5 heterocycles. The minimum absolute atomic E-state index is 0.0772. The molecule has 1 saturated carbocycles. The SMILES string of the molecule is O=C(NC1CC2CC3(S(=O)(=O)CC4CCCNC4)CC(C1)N23)c1cc(C2CC2)on1. The highest BCUT2D eigenvalue weighted by atomic mass is 32.2. The summed E-state index contributed by atoms with van der Waals surface area (Å²) in [6.45, 7) is 1.82. The third-order valence-electron chi connectivity index (χ3n) is 7.99. The highest BCUT2D eigenvalue weighted by Gasteiger charge is 2.71. The van der Waals surface area contributed by atoms with E-state index in [1.54, 1.807) is 6.07 Å². The van der Waals surface area contributed by atoms with Crippen LogP contribution >= 0.6 is 0 Å². The fraction of sp³-hybridized carbons (Fsp3) is 0.810. The number of nitrogens with zero attached hydrogens (tertiary/aromatic N) is 2. The van der Waals surface area contributed by atoms with E-state index in [-0.39, 0.29) is 30.0 Å². The molecule has 0 bridgehead atoms. The van der Waals surface area contributed by atoms with Crippen LogP contribution in [-0.4, -0.2) is 66.2 Å². The number of rotatable bonds is 6. The molecule has 0 spiro atoms. The molecule has 5 fully saturated rings. The maximum absolute atomic E-state index is 13.2. The van der Waals surface area contributed by atoms with Crippen molar-refractivity contribution in [2.45, 2.75) is 80.3 Å². The third-order valence-corrected chi connectivity index (χ3v) is 10.6. The number of hydrogen-bond donors (Lipinski definition) is 2. The molecule has 30 heavy (non-hydrogen) atoms. The van der Waals surface area contributed by atoms with E-state index >= 15 is 0 Å². The van der Waals surface area contributed by atoms with Crippen LogP contribution in [0, 0.1) is 5.92 Å². The fourth-order valence-electron chi connectivity index (χ4n) is 6.39. The number of aromatic nitrogens is 1. The van der Waals surface area contributed by atoms with Crippen LogP contribution in [0.5, 0.6) is 0 Å². The second-order valence-electron chi connectivity index (χ2n) is 10.1. The average Bonchev–Trinajstić information content (AvgIpc) is 3.40. The second-order valence-corrected chi connectivity index (χ2v) is 12.4. The van der Waals surface area contributed by atoms with E-state index in [9.17, 15) is 13.2 Å². The Balaban J connectivity index is 1.07. The Labute approximate surface area is 177 Å². The summed E-state index contributed by atoms with van der Waals surface area (Å²) >= 11 is 0. The van der Waals surface area contributed by atoms with Crippen molar-refractivity contribution in [1.29, 1.82) is 0 Å². The number of hydrogen-bond acceptors (Lipinski definition) is 7. The zero-order valence-electron chi connectivity index (χ0n) is 17.2. The van der Waals surface area contributed by atoms with Crippen LogP contribution in [0.2, 0.25) is 0 Å². The van der Waals surface area contributed by atoms with Crippen LogP contribution < -0.4 is 10.6 Å². The minimum Gasteiger partial charge on any atom is -0.360 e.